The van der Waals surface area contributed by atoms with Crippen LogP contribution in [0.5, 0.6) is 0 Å². The number of rotatable bonds is 1. The van der Waals surface area contributed by atoms with E-state index in [1.54, 1.807) is 0 Å². The molecule has 1 heteroatoms. The van der Waals surface area contributed by atoms with Crippen LogP contribution in [0.25, 0.3) is 0 Å². The smallest absolute Gasteiger partial charge is 0.142 e. The van der Waals surface area contributed by atoms with Gasteiger partial charge in [-0.15, -0.1) is 0 Å². The van der Waals surface area contributed by atoms with E-state index in [1.807, 2.05) is 0 Å². The van der Waals surface area contributed by atoms with Crippen molar-refractivity contribution in [3.05, 3.63) is 0 Å². The zero-order valence-electron chi connectivity index (χ0n) is 12.2. The molecular weight excluding hydrogens is 208 g/mol. The quantitative estimate of drug-likeness (QED) is 0.657. The zero-order valence-corrected chi connectivity index (χ0v) is 12.2. The van der Waals surface area contributed by atoms with Crippen LogP contribution in [0, 0.1) is 28.6 Å². The number of hydrogen-bond acceptors (Lipinski definition) is 1. The van der Waals surface area contributed by atoms with Crippen LogP contribution in [0.3, 0.4) is 0 Å². The van der Waals surface area contributed by atoms with E-state index in [9.17, 15) is 4.79 Å². The second-order valence-corrected chi connectivity index (χ2v) is 7.39. The minimum atomic E-state index is -0.0597. The molecule has 0 N–H and O–H groups in total. The van der Waals surface area contributed by atoms with Crippen molar-refractivity contribution in [1.82, 2.24) is 0 Å². The molecule has 0 heterocycles. The van der Waals surface area contributed by atoms with E-state index in [0.717, 1.165) is 6.42 Å². The highest BCUT2D eigenvalue weighted by Gasteiger charge is 2.54. The Balaban J connectivity index is 2.35. The SMILES string of the molecule is CCC1(C)C(=O)C2C(CCCC2(C)C)CC1C. The maximum Gasteiger partial charge on any atom is 0.142 e. The Morgan fingerprint density at radius 1 is 1.29 bits per heavy atom. The molecule has 0 aromatic rings. The van der Waals surface area contributed by atoms with Gasteiger partial charge in [0.1, 0.15) is 5.78 Å². The van der Waals surface area contributed by atoms with Gasteiger partial charge in [0, 0.05) is 11.3 Å². The van der Waals surface area contributed by atoms with E-state index in [4.69, 9.17) is 0 Å². The van der Waals surface area contributed by atoms with Gasteiger partial charge in [-0.05, 0) is 42.9 Å². The van der Waals surface area contributed by atoms with E-state index in [0.29, 0.717) is 23.5 Å². The summed E-state index contributed by atoms with van der Waals surface area (Å²) in [6.45, 7) is 11.3. The first-order chi connectivity index (χ1) is 7.83. The average molecular weight is 236 g/mol. The second kappa shape index (κ2) is 4.10. The van der Waals surface area contributed by atoms with Crippen molar-refractivity contribution in [2.45, 2.75) is 66.7 Å². The average Bonchev–Trinajstić information content (AvgIpc) is 2.24. The summed E-state index contributed by atoms with van der Waals surface area (Å²) < 4.78 is 0. The van der Waals surface area contributed by atoms with Gasteiger partial charge in [-0.25, -0.2) is 0 Å². The van der Waals surface area contributed by atoms with Gasteiger partial charge < -0.3 is 0 Å². The third-order valence-corrected chi connectivity index (χ3v) is 6.03. The highest BCUT2D eigenvalue weighted by Crippen LogP contribution is 2.55. The molecular formula is C16H28O. The van der Waals surface area contributed by atoms with E-state index in [-0.39, 0.29) is 10.8 Å². The highest BCUT2D eigenvalue weighted by atomic mass is 16.1. The van der Waals surface area contributed by atoms with Crippen LogP contribution in [-0.4, -0.2) is 5.78 Å². The lowest BCUT2D eigenvalue weighted by molar-refractivity contribution is -0.151. The van der Waals surface area contributed by atoms with Crippen LogP contribution in [-0.2, 0) is 4.79 Å². The van der Waals surface area contributed by atoms with E-state index < -0.39 is 0 Å². The van der Waals surface area contributed by atoms with Gasteiger partial charge in [-0.2, -0.15) is 0 Å². The van der Waals surface area contributed by atoms with Crippen molar-refractivity contribution in [3.63, 3.8) is 0 Å². The molecule has 0 amide bonds. The van der Waals surface area contributed by atoms with E-state index in [1.165, 1.54) is 25.7 Å². The van der Waals surface area contributed by atoms with E-state index in [2.05, 4.69) is 34.6 Å². The number of fused-ring (bicyclic) bond motifs is 1. The van der Waals surface area contributed by atoms with Gasteiger partial charge in [0.15, 0.2) is 0 Å². The van der Waals surface area contributed by atoms with Gasteiger partial charge in [0.05, 0.1) is 0 Å². The van der Waals surface area contributed by atoms with Gasteiger partial charge in [-0.3, -0.25) is 4.79 Å². The third kappa shape index (κ3) is 1.86. The fraction of sp³-hybridized carbons (Fsp3) is 0.938. The maximum atomic E-state index is 12.9. The van der Waals surface area contributed by atoms with Crippen LogP contribution in [0.2, 0.25) is 0 Å². The molecule has 1 nitrogen and oxygen atoms in total. The molecule has 0 spiro atoms. The summed E-state index contributed by atoms with van der Waals surface area (Å²) in [7, 11) is 0. The normalized spacial score (nSPS) is 45.5. The monoisotopic (exact) mass is 236 g/mol. The van der Waals surface area contributed by atoms with Crippen molar-refractivity contribution in [1.29, 1.82) is 0 Å². The first-order valence-electron chi connectivity index (χ1n) is 7.37. The maximum absolute atomic E-state index is 12.9. The van der Waals surface area contributed by atoms with Crippen LogP contribution in [0.4, 0.5) is 0 Å². The summed E-state index contributed by atoms with van der Waals surface area (Å²) >= 11 is 0. The molecule has 2 aliphatic rings. The van der Waals surface area contributed by atoms with Crippen LogP contribution < -0.4 is 0 Å². The molecule has 0 saturated heterocycles. The topological polar surface area (TPSA) is 17.1 Å². The van der Waals surface area contributed by atoms with Crippen molar-refractivity contribution >= 4 is 5.78 Å². The standard InChI is InChI=1S/C16H28O/c1-6-16(5)11(2)10-12-8-7-9-15(3,4)13(12)14(16)17/h11-13H,6-10H2,1-5H3. The molecule has 2 aliphatic carbocycles. The lowest BCUT2D eigenvalue weighted by atomic mass is 9.50. The minimum Gasteiger partial charge on any atom is -0.299 e. The first kappa shape index (κ1) is 13.1. The van der Waals surface area contributed by atoms with Gasteiger partial charge >= 0.3 is 0 Å². The molecule has 98 valence electrons. The Morgan fingerprint density at radius 2 is 1.94 bits per heavy atom. The highest BCUT2D eigenvalue weighted by molar-refractivity contribution is 5.88. The van der Waals surface area contributed by atoms with Crippen LogP contribution in [0.15, 0.2) is 0 Å². The fourth-order valence-corrected chi connectivity index (χ4v) is 4.44. The number of carbonyl (C=O) groups excluding carboxylic acids is 1. The molecule has 0 radical (unpaired) electrons. The summed E-state index contributed by atoms with van der Waals surface area (Å²) in [5.41, 5.74) is 0.173. The molecule has 0 bridgehead atoms. The lowest BCUT2D eigenvalue weighted by Gasteiger charge is -2.53. The molecule has 2 fully saturated rings. The Bertz CT molecular complexity index is 317. The minimum absolute atomic E-state index is 0.0597. The molecule has 0 aromatic heterocycles. The summed E-state index contributed by atoms with van der Waals surface area (Å²) in [4.78, 5) is 12.9. The van der Waals surface area contributed by atoms with Crippen molar-refractivity contribution < 1.29 is 4.79 Å². The largest absolute Gasteiger partial charge is 0.299 e. The van der Waals surface area contributed by atoms with Gasteiger partial charge in [0.2, 0.25) is 0 Å². The molecule has 2 rings (SSSR count). The van der Waals surface area contributed by atoms with Crippen molar-refractivity contribution in [3.8, 4) is 0 Å². The summed E-state index contributed by atoms with van der Waals surface area (Å²) in [6, 6.07) is 0. The predicted molar refractivity (Wildman–Crippen MR) is 71.8 cm³/mol. The van der Waals surface area contributed by atoms with Crippen LogP contribution >= 0.6 is 0 Å². The van der Waals surface area contributed by atoms with Gasteiger partial charge in [-0.1, -0.05) is 41.0 Å². The number of ketones is 1. The third-order valence-electron chi connectivity index (χ3n) is 6.03. The molecule has 0 aromatic carbocycles. The molecule has 4 unspecified atom stereocenters. The fourth-order valence-electron chi connectivity index (χ4n) is 4.44. The van der Waals surface area contributed by atoms with E-state index >= 15 is 0 Å². The molecule has 4 atom stereocenters. The summed E-state index contributed by atoms with van der Waals surface area (Å²) in [5.74, 6) is 2.14. The van der Waals surface area contributed by atoms with Crippen LogP contribution in [0.1, 0.15) is 66.7 Å². The number of Topliss-reactive ketones (excluding diaryl/α,β-unsaturated/α-hetero) is 1. The Morgan fingerprint density at radius 3 is 2.53 bits per heavy atom. The van der Waals surface area contributed by atoms with Crippen molar-refractivity contribution in [2.24, 2.45) is 28.6 Å². The van der Waals surface area contributed by atoms with Gasteiger partial charge in [0.25, 0.3) is 0 Å². The molecule has 0 aliphatic heterocycles. The number of carbonyl (C=O) groups is 1. The summed E-state index contributed by atoms with van der Waals surface area (Å²) in [5, 5.41) is 0. The first-order valence-corrected chi connectivity index (χ1v) is 7.37. The lowest BCUT2D eigenvalue weighted by Crippen LogP contribution is -2.53. The second-order valence-electron chi connectivity index (χ2n) is 7.39. The zero-order chi connectivity index (χ0) is 12.8. The Kier molecular flexibility index (Phi) is 3.16. The molecule has 17 heavy (non-hydrogen) atoms. The summed E-state index contributed by atoms with van der Waals surface area (Å²) in [6.07, 6.45) is 6.10. The van der Waals surface area contributed by atoms with Crippen molar-refractivity contribution in [2.75, 3.05) is 0 Å². The Hall–Kier alpha value is -0.330. The predicted octanol–water partition coefficient (Wildman–Crippen LogP) is 4.45. The molecule has 2 saturated carbocycles. The Labute approximate surface area is 106 Å². The number of hydrogen-bond donors (Lipinski definition) is 0.